The predicted molar refractivity (Wildman–Crippen MR) is 94.1 cm³/mol. The summed E-state index contributed by atoms with van der Waals surface area (Å²) < 4.78 is 18.0. The number of nitrogens with two attached hydrogens (primary N) is 1. The first-order chi connectivity index (χ1) is 12.5. The minimum atomic E-state index is -0.747. The summed E-state index contributed by atoms with van der Waals surface area (Å²) in [6.07, 6.45) is 1.73. The van der Waals surface area contributed by atoms with Crippen LogP contribution in [0.15, 0.2) is 42.6 Å². The Hall–Kier alpha value is -3.16. The number of ether oxygens (including phenoxy) is 1. The molecule has 0 aliphatic carbocycles. The maximum absolute atomic E-state index is 13.0. The summed E-state index contributed by atoms with van der Waals surface area (Å²) >= 11 is 0. The Kier molecular flexibility index (Phi) is 5.31. The van der Waals surface area contributed by atoms with Gasteiger partial charge in [0.1, 0.15) is 11.6 Å². The van der Waals surface area contributed by atoms with E-state index < -0.39 is 11.8 Å². The van der Waals surface area contributed by atoms with E-state index in [2.05, 4.69) is 9.88 Å². The Morgan fingerprint density at radius 2 is 1.92 bits per heavy atom. The van der Waals surface area contributed by atoms with Crippen molar-refractivity contribution < 1.29 is 18.7 Å². The number of benzene rings is 1. The Morgan fingerprint density at radius 1 is 1.15 bits per heavy atom. The molecule has 8 heteroatoms. The normalized spacial score (nSPS) is 14.2. The first-order valence-electron chi connectivity index (χ1n) is 8.20. The average molecular weight is 358 g/mol. The van der Waals surface area contributed by atoms with Gasteiger partial charge in [0.05, 0.1) is 5.56 Å². The zero-order valence-corrected chi connectivity index (χ0v) is 14.1. The molecule has 1 fully saturated rings. The Labute approximate surface area is 150 Å². The Bertz CT molecular complexity index is 792. The van der Waals surface area contributed by atoms with Crippen LogP contribution in [-0.2, 0) is 9.53 Å². The van der Waals surface area contributed by atoms with Crippen molar-refractivity contribution in [2.45, 2.75) is 0 Å². The number of carbonyl (C=O) groups is 2. The van der Waals surface area contributed by atoms with E-state index in [1.54, 1.807) is 11.1 Å². The van der Waals surface area contributed by atoms with E-state index in [-0.39, 0.29) is 23.8 Å². The zero-order chi connectivity index (χ0) is 18.5. The molecule has 1 aliphatic rings. The van der Waals surface area contributed by atoms with Crippen molar-refractivity contribution in [3.05, 3.63) is 54.0 Å². The number of pyridine rings is 1. The minimum absolute atomic E-state index is 0.0218. The summed E-state index contributed by atoms with van der Waals surface area (Å²) in [6, 6.07) is 9.09. The number of hydrogen-bond donors (Lipinski definition) is 1. The summed E-state index contributed by atoms with van der Waals surface area (Å²) in [5.41, 5.74) is 5.61. The van der Waals surface area contributed by atoms with E-state index in [0.29, 0.717) is 26.2 Å². The number of aromatic nitrogens is 1. The number of esters is 1. The maximum atomic E-state index is 13.0. The lowest BCUT2D eigenvalue weighted by Crippen LogP contribution is -2.50. The molecular formula is C18H19FN4O3. The van der Waals surface area contributed by atoms with Gasteiger partial charge >= 0.3 is 5.97 Å². The largest absolute Gasteiger partial charge is 0.452 e. The monoisotopic (exact) mass is 358 g/mol. The van der Waals surface area contributed by atoms with Crippen LogP contribution < -0.4 is 10.6 Å². The fourth-order valence-corrected chi connectivity index (χ4v) is 2.74. The molecule has 0 spiro atoms. The van der Waals surface area contributed by atoms with Gasteiger partial charge in [-0.3, -0.25) is 4.79 Å². The second-order valence-electron chi connectivity index (χ2n) is 5.86. The molecule has 26 heavy (non-hydrogen) atoms. The van der Waals surface area contributed by atoms with Crippen LogP contribution in [0.1, 0.15) is 10.4 Å². The molecule has 2 N–H and O–H groups in total. The molecule has 0 radical (unpaired) electrons. The van der Waals surface area contributed by atoms with Gasteiger partial charge in [-0.1, -0.05) is 6.07 Å². The van der Waals surface area contributed by atoms with Gasteiger partial charge in [0.15, 0.2) is 6.61 Å². The van der Waals surface area contributed by atoms with Crippen LogP contribution in [0.5, 0.6) is 0 Å². The molecule has 3 rings (SSSR count). The summed E-state index contributed by atoms with van der Waals surface area (Å²) in [6.45, 7) is 1.97. The second-order valence-corrected chi connectivity index (χ2v) is 5.86. The van der Waals surface area contributed by atoms with Gasteiger partial charge in [0, 0.05) is 38.1 Å². The van der Waals surface area contributed by atoms with Crippen molar-refractivity contribution in [1.29, 1.82) is 0 Å². The summed E-state index contributed by atoms with van der Waals surface area (Å²) in [5.74, 6) is -0.693. The van der Waals surface area contributed by atoms with E-state index in [1.807, 2.05) is 18.2 Å². The molecule has 1 aromatic carbocycles. The highest BCUT2D eigenvalue weighted by Gasteiger charge is 2.23. The molecule has 2 heterocycles. The number of hydrogen-bond acceptors (Lipinski definition) is 6. The van der Waals surface area contributed by atoms with Gasteiger partial charge in [-0.05, 0) is 30.3 Å². The fourth-order valence-electron chi connectivity index (χ4n) is 2.74. The number of carbonyl (C=O) groups excluding carboxylic acids is 2. The zero-order valence-electron chi connectivity index (χ0n) is 14.1. The van der Waals surface area contributed by atoms with E-state index in [0.717, 1.165) is 18.0 Å². The number of amides is 1. The quantitative estimate of drug-likeness (QED) is 0.655. The van der Waals surface area contributed by atoms with Crippen molar-refractivity contribution in [2.75, 3.05) is 43.4 Å². The van der Waals surface area contributed by atoms with Crippen molar-refractivity contribution in [3.8, 4) is 0 Å². The third-order valence-corrected chi connectivity index (χ3v) is 4.17. The van der Waals surface area contributed by atoms with E-state index in [4.69, 9.17) is 10.5 Å². The van der Waals surface area contributed by atoms with Crippen LogP contribution in [-0.4, -0.2) is 54.5 Å². The van der Waals surface area contributed by atoms with Gasteiger partial charge in [-0.25, -0.2) is 14.2 Å². The molecule has 136 valence electrons. The topological polar surface area (TPSA) is 88.8 Å². The van der Waals surface area contributed by atoms with Crippen LogP contribution in [0.4, 0.5) is 15.9 Å². The molecule has 2 aromatic rings. The molecule has 0 unspecified atom stereocenters. The first kappa shape index (κ1) is 17.7. The molecule has 1 saturated heterocycles. The lowest BCUT2D eigenvalue weighted by molar-refractivity contribution is -0.134. The number of nitrogens with zero attached hydrogens (tertiary/aromatic N) is 3. The predicted octanol–water partition coefficient (Wildman–Crippen LogP) is 1.31. The molecule has 1 aliphatic heterocycles. The molecular weight excluding hydrogens is 339 g/mol. The fraction of sp³-hybridized carbons (Fsp3) is 0.278. The van der Waals surface area contributed by atoms with Crippen LogP contribution in [0.3, 0.4) is 0 Å². The summed E-state index contributed by atoms with van der Waals surface area (Å²) in [5, 5.41) is 0. The number of halogens is 1. The first-order valence-corrected chi connectivity index (χ1v) is 8.20. The Morgan fingerprint density at radius 3 is 2.58 bits per heavy atom. The molecule has 0 bridgehead atoms. The average Bonchev–Trinajstić information content (AvgIpc) is 2.66. The SMILES string of the molecule is Nc1cc(F)ccc1C(=O)OCC(=O)N1CCN(c2ccccn2)CC1. The molecule has 1 amide bonds. The molecule has 0 saturated carbocycles. The highest BCUT2D eigenvalue weighted by atomic mass is 19.1. The molecule has 0 atom stereocenters. The summed E-state index contributed by atoms with van der Waals surface area (Å²) in [7, 11) is 0. The van der Waals surface area contributed by atoms with Crippen LogP contribution in [0.2, 0.25) is 0 Å². The van der Waals surface area contributed by atoms with E-state index in [9.17, 15) is 14.0 Å². The standard InChI is InChI=1S/C18H19FN4O3/c19-13-4-5-14(15(20)11-13)18(25)26-12-17(24)23-9-7-22(8-10-23)16-3-1-2-6-21-16/h1-6,11H,7-10,12,20H2. The lowest BCUT2D eigenvalue weighted by atomic mass is 10.2. The van der Waals surface area contributed by atoms with Crippen molar-refractivity contribution in [2.24, 2.45) is 0 Å². The second kappa shape index (κ2) is 7.81. The number of piperazine rings is 1. The van der Waals surface area contributed by atoms with Crippen molar-refractivity contribution in [1.82, 2.24) is 9.88 Å². The van der Waals surface area contributed by atoms with Crippen LogP contribution in [0, 0.1) is 5.82 Å². The highest BCUT2D eigenvalue weighted by molar-refractivity contribution is 5.96. The number of nitrogen functional groups attached to an aromatic ring is 1. The minimum Gasteiger partial charge on any atom is -0.452 e. The molecule has 7 nitrogen and oxygen atoms in total. The van der Waals surface area contributed by atoms with Crippen molar-refractivity contribution in [3.63, 3.8) is 0 Å². The van der Waals surface area contributed by atoms with Gasteiger partial charge < -0.3 is 20.3 Å². The summed E-state index contributed by atoms with van der Waals surface area (Å²) in [4.78, 5) is 32.3. The van der Waals surface area contributed by atoms with Crippen LogP contribution >= 0.6 is 0 Å². The smallest absolute Gasteiger partial charge is 0.340 e. The Balaban J connectivity index is 1.49. The third-order valence-electron chi connectivity index (χ3n) is 4.17. The molecule has 1 aromatic heterocycles. The van der Waals surface area contributed by atoms with Gasteiger partial charge in [0.25, 0.3) is 5.91 Å². The van der Waals surface area contributed by atoms with E-state index >= 15 is 0 Å². The van der Waals surface area contributed by atoms with E-state index in [1.165, 1.54) is 6.07 Å². The number of rotatable bonds is 4. The number of anilines is 2. The van der Waals surface area contributed by atoms with Crippen molar-refractivity contribution >= 4 is 23.4 Å². The highest BCUT2D eigenvalue weighted by Crippen LogP contribution is 2.15. The van der Waals surface area contributed by atoms with Gasteiger partial charge in [0.2, 0.25) is 0 Å². The van der Waals surface area contributed by atoms with Gasteiger partial charge in [-0.2, -0.15) is 0 Å². The third kappa shape index (κ3) is 4.08. The van der Waals surface area contributed by atoms with Crippen LogP contribution in [0.25, 0.3) is 0 Å². The lowest BCUT2D eigenvalue weighted by Gasteiger charge is -2.35. The van der Waals surface area contributed by atoms with Gasteiger partial charge in [-0.15, -0.1) is 0 Å². The maximum Gasteiger partial charge on any atom is 0.340 e.